The molecule has 2 heteroatoms. The molecule has 1 aromatic rings. The molecule has 2 rings (SSSR count). The van der Waals surface area contributed by atoms with Crippen molar-refractivity contribution in [2.24, 2.45) is 5.92 Å². The SMILES string of the molecule is CC(C)/C=C1\C=C(CO)c2ccc(Br)cc21. The van der Waals surface area contributed by atoms with Gasteiger partial charge in [0.05, 0.1) is 6.61 Å². The quantitative estimate of drug-likeness (QED) is 0.871. The van der Waals surface area contributed by atoms with Crippen molar-refractivity contribution in [3.05, 3.63) is 46.0 Å². The number of benzene rings is 1. The minimum Gasteiger partial charge on any atom is -0.392 e. The van der Waals surface area contributed by atoms with Gasteiger partial charge in [-0.2, -0.15) is 0 Å². The van der Waals surface area contributed by atoms with E-state index in [-0.39, 0.29) is 6.61 Å². The Hall–Kier alpha value is -0.860. The Labute approximate surface area is 105 Å². The van der Waals surface area contributed by atoms with Crippen LogP contribution in [0.4, 0.5) is 0 Å². The van der Waals surface area contributed by atoms with Crippen molar-refractivity contribution < 1.29 is 5.11 Å². The van der Waals surface area contributed by atoms with E-state index in [4.69, 9.17) is 0 Å². The number of aliphatic hydroxyl groups excluding tert-OH is 1. The summed E-state index contributed by atoms with van der Waals surface area (Å²) in [6.07, 6.45) is 4.31. The molecule has 0 amide bonds. The van der Waals surface area contributed by atoms with Crippen molar-refractivity contribution in [2.45, 2.75) is 13.8 Å². The summed E-state index contributed by atoms with van der Waals surface area (Å²) in [5.74, 6) is 0.510. The zero-order chi connectivity index (χ0) is 11.7. The molecule has 1 aliphatic rings. The largest absolute Gasteiger partial charge is 0.392 e. The molecule has 1 aliphatic carbocycles. The number of hydrogen-bond donors (Lipinski definition) is 1. The molecule has 16 heavy (non-hydrogen) atoms. The molecular weight excluding hydrogens is 264 g/mol. The number of allylic oxidation sites excluding steroid dienone is 3. The van der Waals surface area contributed by atoms with Gasteiger partial charge in [-0.3, -0.25) is 0 Å². The fourth-order valence-electron chi connectivity index (χ4n) is 2.01. The van der Waals surface area contributed by atoms with E-state index in [0.29, 0.717) is 5.92 Å². The number of hydrogen-bond acceptors (Lipinski definition) is 1. The molecule has 1 aromatic carbocycles. The van der Waals surface area contributed by atoms with Gasteiger partial charge in [0.25, 0.3) is 0 Å². The van der Waals surface area contributed by atoms with Gasteiger partial charge >= 0.3 is 0 Å². The van der Waals surface area contributed by atoms with Gasteiger partial charge in [-0.05, 0) is 46.4 Å². The van der Waals surface area contributed by atoms with E-state index < -0.39 is 0 Å². The van der Waals surface area contributed by atoms with Gasteiger partial charge in [0, 0.05) is 4.47 Å². The predicted octanol–water partition coefficient (Wildman–Crippen LogP) is 3.88. The Morgan fingerprint density at radius 1 is 1.31 bits per heavy atom. The Bertz CT molecular complexity index is 470. The molecular formula is C14H15BrO. The summed E-state index contributed by atoms with van der Waals surface area (Å²) in [6.45, 7) is 4.43. The average Bonchev–Trinajstić information content (AvgIpc) is 2.55. The third-order valence-corrected chi connectivity index (χ3v) is 3.14. The van der Waals surface area contributed by atoms with Crippen LogP contribution in [0, 0.1) is 5.92 Å². The summed E-state index contributed by atoms with van der Waals surface area (Å²) in [5, 5.41) is 9.33. The third kappa shape index (κ3) is 2.13. The molecule has 0 radical (unpaired) electrons. The molecule has 0 saturated carbocycles. The molecule has 0 heterocycles. The van der Waals surface area contributed by atoms with Crippen LogP contribution in [0.5, 0.6) is 0 Å². The normalized spacial score (nSPS) is 16.8. The Kier molecular flexibility index (Phi) is 3.31. The molecule has 0 saturated heterocycles. The lowest BCUT2D eigenvalue weighted by Crippen LogP contribution is -1.88. The zero-order valence-corrected chi connectivity index (χ0v) is 11.1. The van der Waals surface area contributed by atoms with E-state index in [2.05, 4.69) is 54.1 Å². The topological polar surface area (TPSA) is 20.2 Å². The van der Waals surface area contributed by atoms with Crippen molar-refractivity contribution in [3.8, 4) is 0 Å². The van der Waals surface area contributed by atoms with E-state index in [0.717, 1.165) is 15.6 Å². The van der Waals surface area contributed by atoms with Gasteiger partial charge in [0.2, 0.25) is 0 Å². The van der Waals surface area contributed by atoms with Crippen molar-refractivity contribution in [1.82, 2.24) is 0 Å². The van der Waals surface area contributed by atoms with Gasteiger partial charge in [-0.1, -0.05) is 41.9 Å². The molecule has 0 atom stereocenters. The average molecular weight is 279 g/mol. The van der Waals surface area contributed by atoms with Gasteiger partial charge in [0.15, 0.2) is 0 Å². The van der Waals surface area contributed by atoms with E-state index in [1.54, 1.807) is 0 Å². The molecule has 84 valence electrons. The Balaban J connectivity index is 2.55. The van der Waals surface area contributed by atoms with Crippen LogP contribution in [-0.4, -0.2) is 11.7 Å². The van der Waals surface area contributed by atoms with Crippen LogP contribution in [0.3, 0.4) is 0 Å². The molecule has 0 unspecified atom stereocenters. The maximum Gasteiger partial charge on any atom is 0.0688 e. The maximum absolute atomic E-state index is 9.33. The van der Waals surface area contributed by atoms with Crippen LogP contribution in [0.25, 0.3) is 11.1 Å². The van der Waals surface area contributed by atoms with Crippen LogP contribution >= 0.6 is 15.9 Å². The smallest absolute Gasteiger partial charge is 0.0688 e. The molecule has 0 bridgehead atoms. The van der Waals surface area contributed by atoms with Crippen LogP contribution in [-0.2, 0) is 0 Å². The highest BCUT2D eigenvalue weighted by Gasteiger charge is 2.17. The summed E-state index contributed by atoms with van der Waals surface area (Å²) in [5.41, 5.74) is 4.59. The van der Waals surface area contributed by atoms with Crippen molar-refractivity contribution in [1.29, 1.82) is 0 Å². The predicted molar refractivity (Wildman–Crippen MR) is 72.0 cm³/mol. The van der Waals surface area contributed by atoms with Crippen molar-refractivity contribution >= 4 is 27.1 Å². The lowest BCUT2D eigenvalue weighted by molar-refractivity contribution is 0.350. The third-order valence-electron chi connectivity index (χ3n) is 2.65. The number of halogens is 1. The van der Waals surface area contributed by atoms with E-state index in [1.807, 2.05) is 6.07 Å². The highest BCUT2D eigenvalue weighted by Crippen LogP contribution is 2.37. The second-order valence-electron chi connectivity index (χ2n) is 4.38. The summed E-state index contributed by atoms with van der Waals surface area (Å²) >= 11 is 3.49. The number of rotatable bonds is 2. The van der Waals surface area contributed by atoms with Gasteiger partial charge < -0.3 is 5.11 Å². The molecule has 0 aromatic heterocycles. The fourth-order valence-corrected chi connectivity index (χ4v) is 2.37. The highest BCUT2D eigenvalue weighted by molar-refractivity contribution is 9.10. The van der Waals surface area contributed by atoms with Gasteiger partial charge in [-0.25, -0.2) is 0 Å². The maximum atomic E-state index is 9.33. The van der Waals surface area contributed by atoms with E-state index >= 15 is 0 Å². The van der Waals surface area contributed by atoms with Crippen molar-refractivity contribution in [2.75, 3.05) is 6.61 Å². The molecule has 0 fully saturated rings. The highest BCUT2D eigenvalue weighted by atomic mass is 79.9. The minimum absolute atomic E-state index is 0.101. The van der Waals surface area contributed by atoms with Crippen LogP contribution in [0.1, 0.15) is 25.0 Å². The molecule has 0 aliphatic heterocycles. The summed E-state index contributed by atoms with van der Waals surface area (Å²) < 4.78 is 1.08. The molecule has 1 N–H and O–H groups in total. The van der Waals surface area contributed by atoms with Gasteiger partial charge in [0.1, 0.15) is 0 Å². The summed E-state index contributed by atoms with van der Waals surface area (Å²) in [7, 11) is 0. The van der Waals surface area contributed by atoms with Crippen LogP contribution < -0.4 is 0 Å². The lowest BCUT2D eigenvalue weighted by Gasteiger charge is -2.05. The standard InChI is InChI=1S/C14H15BrO/c1-9(2)5-10-6-11(8-16)13-4-3-12(15)7-14(10)13/h3-7,9,16H,8H2,1-2H3/b10-5+. The molecule has 1 nitrogen and oxygen atoms in total. The second kappa shape index (κ2) is 4.56. The monoisotopic (exact) mass is 278 g/mol. The first kappa shape index (κ1) is 11.6. The Morgan fingerprint density at radius 2 is 2.06 bits per heavy atom. The van der Waals surface area contributed by atoms with Crippen LogP contribution in [0.15, 0.2) is 34.8 Å². The first-order valence-corrected chi connectivity index (χ1v) is 6.24. The second-order valence-corrected chi connectivity index (χ2v) is 5.30. The van der Waals surface area contributed by atoms with Gasteiger partial charge in [-0.15, -0.1) is 0 Å². The summed E-state index contributed by atoms with van der Waals surface area (Å²) in [4.78, 5) is 0. The fraction of sp³-hybridized carbons (Fsp3) is 0.286. The van der Waals surface area contributed by atoms with Crippen LogP contribution in [0.2, 0.25) is 0 Å². The van der Waals surface area contributed by atoms with E-state index in [9.17, 15) is 5.11 Å². The summed E-state index contributed by atoms with van der Waals surface area (Å²) in [6, 6.07) is 6.19. The Morgan fingerprint density at radius 3 is 2.69 bits per heavy atom. The molecule has 0 spiro atoms. The first-order valence-electron chi connectivity index (χ1n) is 5.45. The number of aliphatic hydroxyl groups is 1. The zero-order valence-electron chi connectivity index (χ0n) is 9.50. The van der Waals surface area contributed by atoms with E-state index in [1.165, 1.54) is 11.1 Å². The minimum atomic E-state index is 0.101. The first-order chi connectivity index (χ1) is 7.61. The van der Waals surface area contributed by atoms with Crippen molar-refractivity contribution in [3.63, 3.8) is 0 Å². The number of fused-ring (bicyclic) bond motifs is 1. The lowest BCUT2D eigenvalue weighted by atomic mass is 10.0.